The van der Waals surface area contributed by atoms with Crippen molar-refractivity contribution in [2.24, 2.45) is 0 Å². The van der Waals surface area contributed by atoms with Crippen molar-refractivity contribution in [3.63, 3.8) is 0 Å². The van der Waals surface area contributed by atoms with E-state index in [4.69, 9.17) is 16.7 Å². The molecule has 0 saturated carbocycles. The summed E-state index contributed by atoms with van der Waals surface area (Å²) in [6, 6.07) is 8.51. The summed E-state index contributed by atoms with van der Waals surface area (Å²) in [5, 5.41) is 15.1. The minimum atomic E-state index is -1.20. The van der Waals surface area contributed by atoms with Crippen molar-refractivity contribution in [1.29, 1.82) is 5.26 Å². The van der Waals surface area contributed by atoms with Crippen LogP contribution >= 0.6 is 38.6 Å². The molecule has 5 aromatic rings. The lowest BCUT2D eigenvalue weighted by Crippen LogP contribution is -2.34. The predicted octanol–water partition coefficient (Wildman–Crippen LogP) is 3.25. The summed E-state index contributed by atoms with van der Waals surface area (Å²) in [4.78, 5) is 31.2. The van der Waals surface area contributed by atoms with E-state index in [1.807, 2.05) is 6.07 Å². The minimum Gasteiger partial charge on any atom is -0.345 e. The van der Waals surface area contributed by atoms with Crippen LogP contribution in [-0.2, 0) is 6.54 Å². The number of nitrogens with one attached hydrogen (secondary N) is 1. The summed E-state index contributed by atoms with van der Waals surface area (Å²) in [6.07, 6.45) is 5.04. The number of anilines is 1. The Bertz CT molecular complexity index is 1680. The molecule has 6 rings (SSSR count). The number of alkyl halides is 1. The highest BCUT2D eigenvalue weighted by Crippen LogP contribution is 2.39. The maximum absolute atomic E-state index is 15.0. The van der Waals surface area contributed by atoms with Crippen molar-refractivity contribution in [2.45, 2.75) is 25.2 Å². The van der Waals surface area contributed by atoms with Crippen molar-refractivity contribution in [3.05, 3.63) is 81.6 Å². The van der Waals surface area contributed by atoms with Crippen LogP contribution in [0.1, 0.15) is 29.5 Å². The minimum absolute atomic E-state index is 0. The number of aromatic nitrogens is 7. The molecule has 0 amide bonds. The zero-order chi connectivity index (χ0) is 24.1. The Kier molecular flexibility index (Phi) is 7.44. The van der Waals surface area contributed by atoms with Gasteiger partial charge in [-0.15, -0.1) is 0 Å². The van der Waals surface area contributed by atoms with Crippen molar-refractivity contribution in [2.75, 3.05) is 11.4 Å². The van der Waals surface area contributed by atoms with Crippen LogP contribution in [0.15, 0.2) is 54.0 Å². The molecule has 1 N–H and O–H groups in total. The van der Waals surface area contributed by atoms with Crippen LogP contribution in [0.25, 0.3) is 16.6 Å². The monoisotopic (exact) mass is 557 g/mol. The Morgan fingerprint density at radius 2 is 2.05 bits per heavy atom. The molecule has 0 spiro atoms. The fourth-order valence-electron chi connectivity index (χ4n) is 4.65. The first kappa shape index (κ1) is 26.5. The third kappa shape index (κ3) is 4.41. The SMILES string of the molecule is N#Cc1c[nH]c2ncnc(N3C[C@@H](F)C[C@H]3c3nn4ccc(Cl)c4c(=O)n3Cc3ccccn3)c12.S.S. The molecule has 0 aliphatic carbocycles. The Morgan fingerprint density at radius 1 is 1.22 bits per heavy atom. The van der Waals surface area contributed by atoms with E-state index >= 15 is 0 Å². The van der Waals surface area contributed by atoms with Crippen LogP contribution in [0.2, 0.25) is 5.02 Å². The van der Waals surface area contributed by atoms with E-state index in [0.29, 0.717) is 33.9 Å². The molecule has 1 aliphatic rings. The zero-order valence-electron chi connectivity index (χ0n) is 19.1. The molecular weight excluding hydrogens is 537 g/mol. The molecule has 6 heterocycles. The maximum Gasteiger partial charge on any atom is 0.279 e. The Hall–Kier alpha value is -3.60. The molecule has 10 nitrogen and oxygen atoms in total. The molecule has 5 aromatic heterocycles. The molecule has 1 saturated heterocycles. The Morgan fingerprint density at radius 3 is 2.81 bits per heavy atom. The number of halogens is 2. The summed E-state index contributed by atoms with van der Waals surface area (Å²) in [7, 11) is 0. The van der Waals surface area contributed by atoms with Gasteiger partial charge in [0.1, 0.15) is 35.5 Å². The zero-order valence-corrected chi connectivity index (χ0v) is 21.9. The van der Waals surface area contributed by atoms with Crippen LogP contribution in [0.5, 0.6) is 0 Å². The number of hydrogen-bond acceptors (Lipinski definition) is 7. The lowest BCUT2D eigenvalue weighted by Gasteiger charge is -2.27. The largest absolute Gasteiger partial charge is 0.345 e. The number of hydrogen-bond donors (Lipinski definition) is 1. The number of fused-ring (bicyclic) bond motifs is 2. The van der Waals surface area contributed by atoms with Gasteiger partial charge in [-0.2, -0.15) is 37.4 Å². The Labute approximate surface area is 228 Å². The van der Waals surface area contributed by atoms with Crippen molar-refractivity contribution >= 4 is 61.0 Å². The van der Waals surface area contributed by atoms with Gasteiger partial charge in [-0.3, -0.25) is 14.3 Å². The average molecular weight is 558 g/mol. The number of pyridine rings is 1. The average Bonchev–Trinajstić information content (AvgIpc) is 3.57. The van der Waals surface area contributed by atoms with Gasteiger partial charge in [-0.05, 0) is 18.2 Å². The third-order valence-corrected chi connectivity index (χ3v) is 6.49. The first-order valence-corrected chi connectivity index (χ1v) is 11.2. The molecule has 0 bridgehead atoms. The molecule has 37 heavy (non-hydrogen) atoms. The fraction of sp³-hybridized carbons (Fsp3) is 0.217. The summed E-state index contributed by atoms with van der Waals surface area (Å²) in [5.41, 5.74) is 1.34. The highest BCUT2D eigenvalue weighted by Gasteiger charge is 2.39. The molecule has 14 heteroatoms. The second-order valence-corrected chi connectivity index (χ2v) is 8.67. The van der Waals surface area contributed by atoms with Crippen molar-refractivity contribution in [1.82, 2.24) is 34.1 Å². The van der Waals surface area contributed by atoms with Crippen LogP contribution in [0.3, 0.4) is 0 Å². The molecule has 0 radical (unpaired) electrons. The van der Waals surface area contributed by atoms with Crippen LogP contribution in [-0.4, -0.2) is 46.8 Å². The number of nitrogens with zero attached hydrogens (tertiary/aromatic N) is 8. The van der Waals surface area contributed by atoms with E-state index in [9.17, 15) is 14.4 Å². The van der Waals surface area contributed by atoms with E-state index < -0.39 is 12.2 Å². The topological polar surface area (TPSA) is 121 Å². The van der Waals surface area contributed by atoms with Crippen LogP contribution in [0.4, 0.5) is 10.2 Å². The van der Waals surface area contributed by atoms with Gasteiger partial charge in [-0.1, -0.05) is 17.7 Å². The number of rotatable bonds is 4. The van der Waals surface area contributed by atoms with E-state index in [0.717, 1.165) is 0 Å². The summed E-state index contributed by atoms with van der Waals surface area (Å²) < 4.78 is 17.9. The quantitative estimate of drug-likeness (QED) is 0.360. The molecule has 1 aliphatic heterocycles. The predicted molar refractivity (Wildman–Crippen MR) is 147 cm³/mol. The number of nitriles is 1. The second-order valence-electron chi connectivity index (χ2n) is 8.26. The van der Waals surface area contributed by atoms with Gasteiger partial charge < -0.3 is 9.88 Å². The molecule has 0 unspecified atom stereocenters. The Balaban J connectivity index is 0.00000160. The van der Waals surface area contributed by atoms with E-state index in [1.54, 1.807) is 41.7 Å². The van der Waals surface area contributed by atoms with Gasteiger partial charge in [0.05, 0.1) is 40.8 Å². The van der Waals surface area contributed by atoms with Gasteiger partial charge in [0.25, 0.3) is 5.56 Å². The molecule has 0 aromatic carbocycles. The highest BCUT2D eigenvalue weighted by atomic mass is 35.5. The lowest BCUT2D eigenvalue weighted by atomic mass is 10.1. The van der Waals surface area contributed by atoms with Crippen molar-refractivity contribution < 1.29 is 4.39 Å². The first-order chi connectivity index (χ1) is 17.0. The maximum atomic E-state index is 15.0. The standard InChI is InChI=1S/C23H17ClFN9O.2H2S/c24-16-4-6-34-19(16)23(35)33(11-15-3-1-2-5-27-15)21(31-34)17-7-14(25)10-32(17)22-18-13(8-26)9-28-20(18)29-12-30-22;;/h1-6,9,12,14,17H,7,10-11H2,(H,28,29,30);2*1H2/t14-,17-;;/m0../s1. The summed E-state index contributed by atoms with van der Waals surface area (Å²) in [6.45, 7) is 0.158. The fourth-order valence-corrected chi connectivity index (χ4v) is 4.87. The number of aromatic amines is 1. The number of H-pyrrole nitrogens is 1. The molecular formula is C23H21ClFN9OS2. The van der Waals surface area contributed by atoms with Crippen LogP contribution < -0.4 is 10.5 Å². The summed E-state index contributed by atoms with van der Waals surface area (Å²) >= 11 is 6.29. The van der Waals surface area contributed by atoms with Gasteiger partial charge in [0, 0.05) is 25.0 Å². The van der Waals surface area contributed by atoms with Gasteiger partial charge in [0.15, 0.2) is 5.82 Å². The third-order valence-electron chi connectivity index (χ3n) is 6.19. The normalized spacial score (nSPS) is 16.9. The summed E-state index contributed by atoms with van der Waals surface area (Å²) in [5.74, 6) is 0.753. The first-order valence-electron chi connectivity index (χ1n) is 10.9. The van der Waals surface area contributed by atoms with E-state index in [2.05, 4.69) is 26.0 Å². The molecule has 2 atom stereocenters. The van der Waals surface area contributed by atoms with Crippen molar-refractivity contribution in [3.8, 4) is 6.07 Å². The van der Waals surface area contributed by atoms with Gasteiger partial charge >= 0.3 is 0 Å². The molecule has 1 fully saturated rings. The lowest BCUT2D eigenvalue weighted by molar-refractivity contribution is 0.353. The van der Waals surface area contributed by atoms with Crippen LogP contribution in [0, 0.1) is 11.3 Å². The molecule has 190 valence electrons. The van der Waals surface area contributed by atoms with E-state index in [1.165, 1.54) is 15.4 Å². The second kappa shape index (κ2) is 10.4. The van der Waals surface area contributed by atoms with E-state index in [-0.39, 0.29) is 62.6 Å². The smallest absolute Gasteiger partial charge is 0.279 e. The van der Waals surface area contributed by atoms with Gasteiger partial charge in [-0.25, -0.2) is 18.9 Å². The van der Waals surface area contributed by atoms with Gasteiger partial charge in [0.2, 0.25) is 0 Å². The highest BCUT2D eigenvalue weighted by molar-refractivity contribution is 7.59.